The van der Waals surface area contributed by atoms with Crippen LogP contribution < -0.4 is 31.1 Å². The van der Waals surface area contributed by atoms with Crippen LogP contribution in [0.4, 0.5) is 0 Å². The molecule has 3 aliphatic rings. The van der Waals surface area contributed by atoms with Gasteiger partial charge >= 0.3 is 11.4 Å². The minimum absolute atomic E-state index is 0.0607. The van der Waals surface area contributed by atoms with Crippen molar-refractivity contribution in [3.8, 4) is 23.0 Å². The minimum atomic E-state index is -2.04. The zero-order valence-corrected chi connectivity index (χ0v) is 31.5. The summed E-state index contributed by atoms with van der Waals surface area (Å²) in [6.45, 7) is 1.72. The Kier molecular flexibility index (Phi) is 8.85. The van der Waals surface area contributed by atoms with Crippen molar-refractivity contribution in [3.05, 3.63) is 84.6 Å². The van der Waals surface area contributed by atoms with Gasteiger partial charge in [0.2, 0.25) is 0 Å². The molecule has 4 atom stereocenters. The molecule has 2 aliphatic heterocycles. The predicted molar refractivity (Wildman–Crippen MR) is 193 cm³/mol. The van der Waals surface area contributed by atoms with Crippen LogP contribution in [0.15, 0.2) is 56.4 Å². The fourth-order valence-electron chi connectivity index (χ4n) is 7.70. The molecule has 7 rings (SSSR count). The number of aromatic hydroxyl groups is 1. The second kappa shape index (κ2) is 12.8. The van der Waals surface area contributed by atoms with Crippen LogP contribution in [-0.4, -0.2) is 81.3 Å². The Morgan fingerprint density at radius 2 is 1.71 bits per heavy atom. The lowest BCUT2D eigenvalue weighted by Gasteiger charge is -2.49. The quantitative estimate of drug-likeness (QED) is 0.115. The lowest BCUT2D eigenvalue weighted by molar-refractivity contribution is -0.138. The standard InChI is InChI=1S/C34H33BrCl2N6O9/c1-5-52-24-12-17(6-7-23(24)44)27-18-8-11-42-31(48)40(10-9-19-28(45)39(2)21-14-26(51-4)25(50-3)13-20(21)38-19)32(49)43(42)22(18)15-33(36)29(46)41(16-35)30(47)34(27,33)37/h6-8,12-14,22,27,44H,5,9-11,15-16H2,1-4H3. The normalized spacial score (nSPS) is 23.7. The van der Waals surface area contributed by atoms with Gasteiger partial charge in [0.15, 0.2) is 32.7 Å². The maximum atomic E-state index is 14.2. The highest BCUT2D eigenvalue weighted by molar-refractivity contribution is 9.09. The summed E-state index contributed by atoms with van der Waals surface area (Å²) in [6, 6.07) is 6.78. The van der Waals surface area contributed by atoms with Crippen molar-refractivity contribution in [1.29, 1.82) is 0 Å². The number of hydrogen-bond donors (Lipinski definition) is 1. The molecule has 2 aromatic carbocycles. The third-order valence-corrected chi connectivity index (χ3v) is 12.1. The summed E-state index contributed by atoms with van der Waals surface area (Å²) in [4.78, 5) is 70.8. The topological polar surface area (TPSA) is 169 Å². The van der Waals surface area contributed by atoms with Crippen LogP contribution >= 0.6 is 39.1 Å². The van der Waals surface area contributed by atoms with Gasteiger partial charge in [-0.05, 0) is 30.2 Å². The number of imide groups is 1. The molecule has 4 unspecified atom stereocenters. The number of nitrogens with zero attached hydrogens (tertiary/aromatic N) is 6. The first-order valence-corrected chi connectivity index (χ1v) is 18.1. The van der Waals surface area contributed by atoms with Gasteiger partial charge in [-0.2, -0.15) is 0 Å². The van der Waals surface area contributed by atoms with Crippen LogP contribution in [0.5, 0.6) is 23.0 Å². The van der Waals surface area contributed by atoms with Gasteiger partial charge in [-0.25, -0.2) is 28.5 Å². The fourth-order valence-corrected chi connectivity index (χ4v) is 9.10. The van der Waals surface area contributed by atoms with Gasteiger partial charge in [0, 0.05) is 44.5 Å². The Labute approximate surface area is 313 Å². The Balaban J connectivity index is 1.32. The largest absolute Gasteiger partial charge is 0.504 e. The highest BCUT2D eigenvalue weighted by Crippen LogP contribution is 2.63. The number of fused-ring (bicyclic) bond motifs is 5. The maximum Gasteiger partial charge on any atom is 0.347 e. The van der Waals surface area contributed by atoms with Crippen LogP contribution in [-0.2, 0) is 36.1 Å². The number of methoxy groups -OCH3 is 2. The Morgan fingerprint density at radius 1 is 1.00 bits per heavy atom. The first-order chi connectivity index (χ1) is 24.8. The summed E-state index contributed by atoms with van der Waals surface area (Å²) in [5.41, 5.74) is 0.0205. The summed E-state index contributed by atoms with van der Waals surface area (Å²) >= 11 is 17.7. The first-order valence-electron chi connectivity index (χ1n) is 16.3. The Hall–Kier alpha value is -4.54. The van der Waals surface area contributed by atoms with Gasteiger partial charge in [0.25, 0.3) is 17.4 Å². The third-order valence-electron chi connectivity index (χ3n) is 10.2. The van der Waals surface area contributed by atoms with Crippen molar-refractivity contribution < 1.29 is 28.9 Å². The van der Waals surface area contributed by atoms with Crippen molar-refractivity contribution >= 4 is 62.0 Å². The highest BCUT2D eigenvalue weighted by Gasteiger charge is 2.75. The van der Waals surface area contributed by atoms with E-state index in [0.717, 1.165) is 9.47 Å². The fraction of sp³-hybridized carbons (Fsp3) is 0.412. The summed E-state index contributed by atoms with van der Waals surface area (Å²) in [5.74, 6) is -1.75. The number of likely N-dealkylation sites (tertiary alicyclic amines) is 1. The number of phenols is 1. The van der Waals surface area contributed by atoms with Gasteiger partial charge in [-0.15, -0.1) is 23.2 Å². The van der Waals surface area contributed by atoms with E-state index < -0.39 is 50.5 Å². The summed E-state index contributed by atoms with van der Waals surface area (Å²) < 4.78 is 21.3. The van der Waals surface area contributed by atoms with E-state index in [1.807, 2.05) is 0 Å². The number of phenolic OH excluding ortho intramolecular Hbond substituents is 1. The highest BCUT2D eigenvalue weighted by atomic mass is 79.9. The smallest absolute Gasteiger partial charge is 0.347 e. The van der Waals surface area contributed by atoms with Gasteiger partial charge in [-0.3, -0.25) is 19.3 Å². The van der Waals surface area contributed by atoms with Gasteiger partial charge in [-0.1, -0.05) is 28.1 Å². The zero-order valence-electron chi connectivity index (χ0n) is 28.4. The molecule has 15 nitrogen and oxygen atoms in total. The van der Waals surface area contributed by atoms with Gasteiger partial charge < -0.3 is 23.9 Å². The van der Waals surface area contributed by atoms with E-state index >= 15 is 0 Å². The van der Waals surface area contributed by atoms with E-state index in [1.54, 1.807) is 38.2 Å². The molecule has 4 heterocycles. The molecule has 0 bridgehead atoms. The van der Waals surface area contributed by atoms with Crippen molar-refractivity contribution in [1.82, 2.24) is 28.4 Å². The van der Waals surface area contributed by atoms with Crippen molar-refractivity contribution in [2.24, 2.45) is 7.05 Å². The maximum absolute atomic E-state index is 14.2. The first kappa shape index (κ1) is 35.8. The second-order valence-corrected chi connectivity index (χ2v) is 14.4. The second-order valence-electron chi connectivity index (χ2n) is 12.7. The summed E-state index contributed by atoms with van der Waals surface area (Å²) in [5, 5.41) is 10.5. The van der Waals surface area contributed by atoms with Crippen molar-refractivity contribution in [3.63, 3.8) is 0 Å². The number of ether oxygens (including phenoxy) is 3. The van der Waals surface area contributed by atoms with E-state index in [4.69, 9.17) is 37.4 Å². The van der Waals surface area contributed by atoms with Crippen LogP contribution in [0.2, 0.25) is 0 Å². The van der Waals surface area contributed by atoms with E-state index in [0.29, 0.717) is 33.7 Å². The third kappa shape index (κ3) is 4.90. The predicted octanol–water partition coefficient (Wildman–Crippen LogP) is 2.77. The molecule has 0 spiro atoms. The number of amides is 2. The van der Waals surface area contributed by atoms with E-state index in [9.17, 15) is 29.1 Å². The molecular formula is C34H33BrCl2N6O9. The lowest BCUT2D eigenvalue weighted by atomic mass is 9.64. The van der Waals surface area contributed by atoms with E-state index in [2.05, 4.69) is 20.9 Å². The monoisotopic (exact) mass is 818 g/mol. The molecule has 1 aliphatic carbocycles. The number of allylic oxidation sites excluding steroid dienone is 2. The number of halogens is 3. The number of rotatable bonds is 9. The number of carbonyl (C=O) groups excluding carboxylic acids is 2. The molecule has 18 heteroatoms. The van der Waals surface area contributed by atoms with Gasteiger partial charge in [0.05, 0.1) is 49.9 Å². The molecule has 1 saturated heterocycles. The lowest BCUT2D eigenvalue weighted by Crippen LogP contribution is -2.59. The number of hydrogen-bond acceptors (Lipinski definition) is 10. The Bertz CT molecular complexity index is 2400. The molecule has 4 aromatic rings. The molecule has 0 radical (unpaired) electrons. The average Bonchev–Trinajstić information content (AvgIpc) is 3.46. The number of benzene rings is 2. The van der Waals surface area contributed by atoms with E-state index in [-0.39, 0.29) is 55.2 Å². The summed E-state index contributed by atoms with van der Waals surface area (Å²) in [6.07, 6.45) is 1.37. The van der Waals surface area contributed by atoms with Crippen molar-refractivity contribution in [2.75, 3.05) is 26.3 Å². The van der Waals surface area contributed by atoms with Crippen molar-refractivity contribution in [2.45, 2.75) is 54.6 Å². The average molecular weight is 820 g/mol. The molecule has 1 N–H and O–H groups in total. The molecule has 1 saturated carbocycles. The molecular weight excluding hydrogens is 787 g/mol. The SMILES string of the molecule is CCOc1cc(C2C3=CCn4c(=O)n(CCc5nc6cc(OC)c(OC)cc6n(C)c5=O)c(=O)n4C3CC3(Cl)C(=O)N(CBr)C(=O)C23Cl)ccc1O. The van der Waals surface area contributed by atoms with Crippen LogP contribution in [0.3, 0.4) is 0 Å². The molecule has 2 amide bonds. The van der Waals surface area contributed by atoms with Gasteiger partial charge in [0.1, 0.15) is 5.69 Å². The van der Waals surface area contributed by atoms with Crippen LogP contribution in [0.1, 0.15) is 36.6 Å². The Morgan fingerprint density at radius 3 is 2.38 bits per heavy atom. The number of aromatic nitrogens is 5. The number of aryl methyl sites for hydroxylation is 2. The minimum Gasteiger partial charge on any atom is -0.504 e. The molecule has 52 heavy (non-hydrogen) atoms. The number of carbonyl (C=O) groups is 2. The van der Waals surface area contributed by atoms with Crippen LogP contribution in [0, 0.1) is 0 Å². The molecule has 274 valence electrons. The summed E-state index contributed by atoms with van der Waals surface area (Å²) in [7, 11) is 4.55. The zero-order chi connectivity index (χ0) is 37.4. The van der Waals surface area contributed by atoms with Crippen LogP contribution in [0.25, 0.3) is 11.0 Å². The number of alkyl halides is 3. The molecule has 2 aromatic heterocycles. The molecule has 2 fully saturated rings. The van der Waals surface area contributed by atoms with E-state index in [1.165, 1.54) is 40.3 Å².